The predicted molar refractivity (Wildman–Crippen MR) is 92.3 cm³/mol. The third kappa shape index (κ3) is 2.29. The Hall–Kier alpha value is -2.07. The summed E-state index contributed by atoms with van der Waals surface area (Å²) in [5, 5.41) is 0. The largest absolute Gasteiger partial charge is 0.266 e. The Balaban J connectivity index is 1.88. The molecular formula is C19H19NO2S. The Labute approximate surface area is 137 Å². The zero-order valence-electron chi connectivity index (χ0n) is 13.1. The van der Waals surface area contributed by atoms with Crippen molar-refractivity contribution in [3.63, 3.8) is 0 Å². The van der Waals surface area contributed by atoms with Gasteiger partial charge in [-0.15, -0.1) is 0 Å². The first-order valence-corrected chi connectivity index (χ1v) is 9.46. The minimum Gasteiger partial charge on any atom is -0.266 e. The molecule has 0 saturated heterocycles. The second kappa shape index (κ2) is 5.24. The van der Waals surface area contributed by atoms with E-state index in [9.17, 15) is 8.42 Å². The van der Waals surface area contributed by atoms with Crippen molar-refractivity contribution in [2.24, 2.45) is 0 Å². The summed E-state index contributed by atoms with van der Waals surface area (Å²) in [5.41, 5.74) is 5.11. The van der Waals surface area contributed by atoms with Gasteiger partial charge in [0.25, 0.3) is 10.0 Å². The number of benzene rings is 2. The molecule has 0 saturated carbocycles. The van der Waals surface area contributed by atoms with Gasteiger partial charge in [0, 0.05) is 12.1 Å². The average Bonchev–Trinajstić information content (AvgIpc) is 2.73. The van der Waals surface area contributed by atoms with Crippen LogP contribution in [0.5, 0.6) is 0 Å². The zero-order valence-corrected chi connectivity index (χ0v) is 13.9. The fourth-order valence-corrected chi connectivity index (χ4v) is 5.07. The van der Waals surface area contributed by atoms with Gasteiger partial charge in [0.05, 0.1) is 10.6 Å². The Morgan fingerprint density at radius 2 is 1.70 bits per heavy atom. The molecule has 4 rings (SSSR count). The number of sulfonamides is 1. The quantitative estimate of drug-likeness (QED) is 0.788. The van der Waals surface area contributed by atoms with Crippen LogP contribution in [-0.2, 0) is 10.0 Å². The van der Waals surface area contributed by atoms with E-state index in [0.717, 1.165) is 41.6 Å². The first-order valence-electron chi connectivity index (χ1n) is 8.02. The Bertz CT molecular complexity index is 895. The number of rotatable bonds is 1. The van der Waals surface area contributed by atoms with E-state index < -0.39 is 10.0 Å². The maximum atomic E-state index is 12.7. The SMILES string of the molecule is Cc1ccc(-c2ccc3c(c2)C2=CCCCCN2S3(=O)=O)cc1. The van der Waals surface area contributed by atoms with Crippen molar-refractivity contribution in [2.75, 3.05) is 6.54 Å². The van der Waals surface area contributed by atoms with Crippen LogP contribution in [0.15, 0.2) is 53.4 Å². The van der Waals surface area contributed by atoms with E-state index in [0.29, 0.717) is 11.4 Å². The van der Waals surface area contributed by atoms with Crippen molar-refractivity contribution >= 4 is 15.7 Å². The Kier molecular flexibility index (Phi) is 3.31. The van der Waals surface area contributed by atoms with Crippen LogP contribution in [0.2, 0.25) is 0 Å². The number of allylic oxidation sites excluding steroid dienone is 1. The number of fused-ring (bicyclic) bond motifs is 3. The monoisotopic (exact) mass is 325 g/mol. The minimum atomic E-state index is -3.37. The highest BCUT2D eigenvalue weighted by molar-refractivity contribution is 7.90. The molecule has 2 aliphatic rings. The molecule has 2 aromatic rings. The van der Waals surface area contributed by atoms with Crippen molar-refractivity contribution < 1.29 is 8.42 Å². The summed E-state index contributed by atoms with van der Waals surface area (Å²) in [7, 11) is -3.37. The lowest BCUT2D eigenvalue weighted by Gasteiger charge is -2.16. The molecule has 0 bridgehead atoms. The van der Waals surface area contributed by atoms with Gasteiger partial charge < -0.3 is 0 Å². The molecule has 0 radical (unpaired) electrons. The van der Waals surface area contributed by atoms with Crippen molar-refractivity contribution in [1.29, 1.82) is 0 Å². The van der Waals surface area contributed by atoms with E-state index in [1.165, 1.54) is 5.56 Å². The summed E-state index contributed by atoms with van der Waals surface area (Å²) < 4.78 is 27.1. The van der Waals surface area contributed by atoms with Gasteiger partial charge in [-0.1, -0.05) is 42.0 Å². The van der Waals surface area contributed by atoms with Crippen LogP contribution in [-0.4, -0.2) is 19.3 Å². The third-order valence-electron chi connectivity index (χ3n) is 4.63. The van der Waals surface area contributed by atoms with Crippen LogP contribution in [0.4, 0.5) is 0 Å². The smallest absolute Gasteiger partial charge is 0.265 e. The average molecular weight is 325 g/mol. The van der Waals surface area contributed by atoms with E-state index in [-0.39, 0.29) is 0 Å². The summed E-state index contributed by atoms with van der Waals surface area (Å²) in [5.74, 6) is 0. The van der Waals surface area contributed by atoms with Crippen LogP contribution >= 0.6 is 0 Å². The molecule has 0 aliphatic carbocycles. The molecule has 118 valence electrons. The number of hydrogen-bond acceptors (Lipinski definition) is 2. The molecule has 0 spiro atoms. The van der Waals surface area contributed by atoms with E-state index in [2.05, 4.69) is 37.3 Å². The molecule has 2 heterocycles. The van der Waals surface area contributed by atoms with Crippen molar-refractivity contribution in [3.05, 3.63) is 59.7 Å². The van der Waals surface area contributed by atoms with Crippen LogP contribution < -0.4 is 0 Å². The molecule has 0 aromatic heterocycles. The molecule has 23 heavy (non-hydrogen) atoms. The van der Waals surface area contributed by atoms with E-state index in [4.69, 9.17) is 0 Å². The molecule has 3 nitrogen and oxygen atoms in total. The van der Waals surface area contributed by atoms with Gasteiger partial charge in [-0.25, -0.2) is 8.42 Å². The molecule has 0 amide bonds. The van der Waals surface area contributed by atoms with Gasteiger partial charge in [0.2, 0.25) is 0 Å². The number of aryl methyl sites for hydroxylation is 1. The van der Waals surface area contributed by atoms with Crippen molar-refractivity contribution in [1.82, 2.24) is 4.31 Å². The first-order chi connectivity index (χ1) is 11.1. The highest BCUT2D eigenvalue weighted by atomic mass is 32.2. The van der Waals surface area contributed by atoms with Gasteiger partial charge in [0.1, 0.15) is 0 Å². The normalized spacial score (nSPS) is 18.8. The molecule has 0 atom stereocenters. The lowest BCUT2D eigenvalue weighted by Crippen LogP contribution is -2.23. The minimum absolute atomic E-state index is 0.446. The highest BCUT2D eigenvalue weighted by Gasteiger charge is 2.38. The van der Waals surface area contributed by atoms with Gasteiger partial charge >= 0.3 is 0 Å². The molecule has 0 unspecified atom stereocenters. The molecule has 0 N–H and O–H groups in total. The third-order valence-corrected chi connectivity index (χ3v) is 6.50. The Morgan fingerprint density at radius 1 is 0.957 bits per heavy atom. The second-order valence-corrected chi connectivity index (χ2v) is 8.07. The van der Waals surface area contributed by atoms with Crippen LogP contribution in [0.1, 0.15) is 30.4 Å². The van der Waals surface area contributed by atoms with E-state index >= 15 is 0 Å². The first kappa shape index (κ1) is 14.5. The fraction of sp³-hybridized carbons (Fsp3) is 0.263. The summed E-state index contributed by atoms with van der Waals surface area (Å²) in [6, 6.07) is 14.0. The zero-order chi connectivity index (χ0) is 16.0. The maximum absolute atomic E-state index is 12.7. The fourth-order valence-electron chi connectivity index (χ4n) is 3.35. The van der Waals surface area contributed by atoms with Crippen molar-refractivity contribution in [3.8, 4) is 11.1 Å². The van der Waals surface area contributed by atoms with Gasteiger partial charge in [0.15, 0.2) is 0 Å². The van der Waals surface area contributed by atoms with Crippen LogP contribution in [0.3, 0.4) is 0 Å². The molecule has 2 aromatic carbocycles. The standard InChI is InChI=1S/C19H19NO2S/c1-14-6-8-15(9-7-14)16-10-11-19-17(13-16)18-5-3-2-4-12-20(18)23(19,21)22/h5-11,13H,2-4,12H2,1H3. The van der Waals surface area contributed by atoms with Gasteiger partial charge in [-0.3, -0.25) is 4.31 Å². The topological polar surface area (TPSA) is 37.4 Å². The number of nitrogens with zero attached hydrogens (tertiary/aromatic N) is 1. The molecule has 0 fully saturated rings. The van der Waals surface area contributed by atoms with Crippen LogP contribution in [0, 0.1) is 6.92 Å². The molecule has 2 aliphatic heterocycles. The highest BCUT2D eigenvalue weighted by Crippen LogP contribution is 2.42. The summed E-state index contributed by atoms with van der Waals surface area (Å²) in [6.07, 6.45) is 4.98. The van der Waals surface area contributed by atoms with E-state index in [1.807, 2.05) is 12.1 Å². The summed E-state index contributed by atoms with van der Waals surface area (Å²) >= 11 is 0. The second-order valence-electron chi connectivity index (χ2n) is 6.24. The molecular weight excluding hydrogens is 306 g/mol. The number of hydrogen-bond donors (Lipinski definition) is 0. The van der Waals surface area contributed by atoms with Crippen molar-refractivity contribution in [2.45, 2.75) is 31.1 Å². The van der Waals surface area contributed by atoms with Gasteiger partial charge in [-0.2, -0.15) is 0 Å². The Morgan fingerprint density at radius 3 is 2.48 bits per heavy atom. The predicted octanol–water partition coefficient (Wildman–Crippen LogP) is 4.19. The summed E-state index contributed by atoms with van der Waals surface area (Å²) in [4.78, 5) is 0.446. The molecule has 4 heteroatoms. The lowest BCUT2D eigenvalue weighted by molar-refractivity contribution is 0.512. The maximum Gasteiger partial charge on any atom is 0.265 e. The van der Waals surface area contributed by atoms with E-state index in [1.54, 1.807) is 10.4 Å². The summed E-state index contributed by atoms with van der Waals surface area (Å²) in [6.45, 7) is 2.65. The van der Waals surface area contributed by atoms with Crippen LogP contribution in [0.25, 0.3) is 16.8 Å². The van der Waals surface area contributed by atoms with Gasteiger partial charge in [-0.05, 0) is 49.4 Å². The lowest BCUT2D eigenvalue weighted by atomic mass is 10.0.